The number of nitrogens with one attached hydrogen (secondary N) is 1. The molecule has 1 saturated heterocycles. The molecule has 7 nitrogen and oxygen atoms in total. The van der Waals surface area contributed by atoms with Crippen molar-refractivity contribution < 1.29 is 9.32 Å². The molecular weight excluding hydrogens is 342 g/mol. The van der Waals surface area contributed by atoms with Gasteiger partial charge in [0, 0.05) is 50.0 Å². The first kappa shape index (κ1) is 17.1. The monoisotopic (exact) mass is 363 g/mol. The third-order valence-electron chi connectivity index (χ3n) is 4.61. The number of anilines is 2. The molecule has 2 aromatic carbocycles. The number of piperazine rings is 1. The minimum atomic E-state index is -0.0522. The van der Waals surface area contributed by atoms with E-state index < -0.39 is 0 Å². The molecule has 0 spiro atoms. The molecule has 4 rings (SSSR count). The van der Waals surface area contributed by atoms with Gasteiger partial charge in [-0.05, 0) is 36.4 Å². The van der Waals surface area contributed by atoms with Crippen LogP contribution in [0.4, 0.5) is 16.2 Å². The van der Waals surface area contributed by atoms with Crippen LogP contribution < -0.4 is 10.2 Å². The molecule has 1 fully saturated rings. The molecule has 2 heterocycles. The molecule has 0 atom stereocenters. The standard InChI is InChI=1S/C20H21N5O2/c1-15-21-19(23-27-15)16-7-9-18(10-8-16)24-11-13-25(14-12-24)20(26)22-17-5-3-2-4-6-17/h2-10H,11-14H2,1H3,(H,22,26). The third-order valence-corrected chi connectivity index (χ3v) is 4.61. The Bertz CT molecular complexity index is 900. The maximum Gasteiger partial charge on any atom is 0.321 e. The van der Waals surface area contributed by atoms with Gasteiger partial charge in [0.05, 0.1) is 0 Å². The molecule has 1 aliphatic rings. The fourth-order valence-corrected chi connectivity index (χ4v) is 3.13. The number of rotatable bonds is 3. The van der Waals surface area contributed by atoms with Crippen molar-refractivity contribution in [1.29, 1.82) is 0 Å². The van der Waals surface area contributed by atoms with Gasteiger partial charge >= 0.3 is 6.03 Å². The van der Waals surface area contributed by atoms with E-state index in [2.05, 4.69) is 32.5 Å². The number of aromatic nitrogens is 2. The first-order chi connectivity index (χ1) is 13.2. The zero-order valence-corrected chi connectivity index (χ0v) is 15.1. The maximum absolute atomic E-state index is 12.4. The first-order valence-electron chi connectivity index (χ1n) is 8.96. The molecule has 0 radical (unpaired) electrons. The van der Waals surface area contributed by atoms with E-state index in [1.54, 1.807) is 6.92 Å². The Morgan fingerprint density at radius 2 is 1.70 bits per heavy atom. The molecule has 0 saturated carbocycles. The Hall–Kier alpha value is -3.35. The Labute approximate surface area is 157 Å². The number of amides is 2. The third kappa shape index (κ3) is 3.92. The predicted octanol–water partition coefficient (Wildman–Crippen LogP) is 3.40. The smallest absolute Gasteiger partial charge is 0.321 e. The largest absolute Gasteiger partial charge is 0.368 e. The van der Waals surface area contributed by atoms with Crippen molar-refractivity contribution >= 4 is 17.4 Å². The highest BCUT2D eigenvalue weighted by Gasteiger charge is 2.21. The lowest BCUT2D eigenvalue weighted by Crippen LogP contribution is -2.50. The molecule has 3 aromatic rings. The summed E-state index contributed by atoms with van der Waals surface area (Å²) in [6.45, 7) is 4.74. The molecule has 1 aliphatic heterocycles. The van der Waals surface area contributed by atoms with E-state index in [4.69, 9.17) is 4.52 Å². The normalized spacial score (nSPS) is 14.3. The summed E-state index contributed by atoms with van der Waals surface area (Å²) in [5.41, 5.74) is 2.87. The summed E-state index contributed by atoms with van der Waals surface area (Å²) in [5.74, 6) is 1.15. The van der Waals surface area contributed by atoms with Crippen LogP contribution in [0, 0.1) is 6.92 Å². The molecule has 7 heteroatoms. The molecule has 1 aromatic heterocycles. The van der Waals surface area contributed by atoms with Gasteiger partial charge < -0.3 is 19.6 Å². The molecule has 138 valence electrons. The number of urea groups is 1. The minimum Gasteiger partial charge on any atom is -0.368 e. The summed E-state index contributed by atoms with van der Waals surface area (Å²) in [4.78, 5) is 20.8. The zero-order chi connectivity index (χ0) is 18.6. The fraction of sp³-hybridized carbons (Fsp3) is 0.250. The van der Waals surface area contributed by atoms with Gasteiger partial charge in [0.25, 0.3) is 0 Å². The number of hydrogen-bond donors (Lipinski definition) is 1. The summed E-state index contributed by atoms with van der Waals surface area (Å²) in [7, 11) is 0. The van der Waals surface area contributed by atoms with Gasteiger partial charge in [-0.3, -0.25) is 0 Å². The predicted molar refractivity (Wildman–Crippen MR) is 104 cm³/mol. The highest BCUT2D eigenvalue weighted by molar-refractivity contribution is 5.89. The zero-order valence-electron chi connectivity index (χ0n) is 15.1. The van der Waals surface area contributed by atoms with Crippen LogP contribution in [0.25, 0.3) is 11.4 Å². The first-order valence-corrected chi connectivity index (χ1v) is 8.96. The second-order valence-corrected chi connectivity index (χ2v) is 6.45. The molecule has 27 heavy (non-hydrogen) atoms. The van der Waals surface area contributed by atoms with E-state index in [0.717, 1.165) is 30.0 Å². The van der Waals surface area contributed by atoms with Crippen molar-refractivity contribution in [3.63, 3.8) is 0 Å². The van der Waals surface area contributed by atoms with Crippen LogP contribution in [-0.2, 0) is 0 Å². The van der Waals surface area contributed by atoms with E-state index >= 15 is 0 Å². The minimum absolute atomic E-state index is 0.0522. The number of carbonyl (C=O) groups is 1. The van der Waals surface area contributed by atoms with Crippen LogP contribution in [0.3, 0.4) is 0 Å². The molecule has 0 aliphatic carbocycles. The lowest BCUT2D eigenvalue weighted by Gasteiger charge is -2.36. The Balaban J connectivity index is 1.34. The second-order valence-electron chi connectivity index (χ2n) is 6.45. The van der Waals surface area contributed by atoms with E-state index in [9.17, 15) is 4.79 Å². The van der Waals surface area contributed by atoms with Crippen molar-refractivity contribution in [2.45, 2.75) is 6.92 Å². The van der Waals surface area contributed by atoms with Crippen molar-refractivity contribution in [3.05, 3.63) is 60.5 Å². The number of benzene rings is 2. The lowest BCUT2D eigenvalue weighted by molar-refractivity contribution is 0.208. The lowest BCUT2D eigenvalue weighted by atomic mass is 10.1. The van der Waals surface area contributed by atoms with Crippen LogP contribution >= 0.6 is 0 Å². The Morgan fingerprint density at radius 1 is 1.00 bits per heavy atom. The van der Waals surface area contributed by atoms with Crippen molar-refractivity contribution in [3.8, 4) is 11.4 Å². The average molecular weight is 363 g/mol. The number of hydrogen-bond acceptors (Lipinski definition) is 5. The van der Waals surface area contributed by atoms with Crippen LogP contribution in [0.2, 0.25) is 0 Å². The van der Waals surface area contributed by atoms with Gasteiger partial charge in [0.15, 0.2) is 0 Å². The van der Waals surface area contributed by atoms with Gasteiger partial charge in [0.1, 0.15) is 0 Å². The summed E-state index contributed by atoms with van der Waals surface area (Å²) < 4.78 is 5.03. The van der Waals surface area contributed by atoms with E-state index in [-0.39, 0.29) is 6.03 Å². The summed E-state index contributed by atoms with van der Waals surface area (Å²) >= 11 is 0. The van der Waals surface area contributed by atoms with E-state index in [1.807, 2.05) is 47.4 Å². The Kier molecular flexibility index (Phi) is 4.74. The van der Waals surface area contributed by atoms with Gasteiger partial charge in [-0.15, -0.1) is 0 Å². The van der Waals surface area contributed by atoms with Crippen molar-refractivity contribution in [1.82, 2.24) is 15.0 Å². The SMILES string of the molecule is Cc1nc(-c2ccc(N3CCN(C(=O)Nc4ccccc4)CC3)cc2)no1. The van der Waals surface area contributed by atoms with Gasteiger partial charge in [-0.25, -0.2) is 4.79 Å². The summed E-state index contributed by atoms with van der Waals surface area (Å²) in [6, 6.07) is 17.6. The molecule has 1 N–H and O–H groups in total. The summed E-state index contributed by atoms with van der Waals surface area (Å²) in [5, 5.41) is 6.88. The van der Waals surface area contributed by atoms with Crippen LogP contribution in [0.1, 0.15) is 5.89 Å². The van der Waals surface area contributed by atoms with Gasteiger partial charge in [-0.1, -0.05) is 23.4 Å². The van der Waals surface area contributed by atoms with Gasteiger partial charge in [0.2, 0.25) is 11.7 Å². The van der Waals surface area contributed by atoms with Gasteiger partial charge in [-0.2, -0.15) is 4.98 Å². The highest BCUT2D eigenvalue weighted by atomic mass is 16.5. The number of para-hydroxylation sites is 1. The van der Waals surface area contributed by atoms with Crippen molar-refractivity contribution in [2.75, 3.05) is 36.4 Å². The van der Waals surface area contributed by atoms with Crippen LogP contribution in [-0.4, -0.2) is 47.3 Å². The van der Waals surface area contributed by atoms with E-state index in [0.29, 0.717) is 24.8 Å². The molecule has 0 bridgehead atoms. The van der Waals surface area contributed by atoms with Crippen LogP contribution in [0.15, 0.2) is 59.1 Å². The quantitative estimate of drug-likeness (QED) is 0.772. The molecule has 2 amide bonds. The average Bonchev–Trinajstić information content (AvgIpc) is 3.15. The second kappa shape index (κ2) is 7.49. The van der Waals surface area contributed by atoms with Crippen molar-refractivity contribution in [2.24, 2.45) is 0 Å². The number of carbonyl (C=O) groups excluding carboxylic acids is 1. The highest BCUT2D eigenvalue weighted by Crippen LogP contribution is 2.22. The summed E-state index contributed by atoms with van der Waals surface area (Å²) in [6.07, 6.45) is 0. The van der Waals surface area contributed by atoms with Crippen LogP contribution in [0.5, 0.6) is 0 Å². The molecular formula is C20H21N5O2. The number of nitrogens with zero attached hydrogens (tertiary/aromatic N) is 4. The fourth-order valence-electron chi connectivity index (χ4n) is 3.13. The molecule has 0 unspecified atom stereocenters. The number of aryl methyl sites for hydroxylation is 1. The maximum atomic E-state index is 12.4. The Morgan fingerprint density at radius 3 is 2.33 bits per heavy atom. The topological polar surface area (TPSA) is 74.5 Å². The van der Waals surface area contributed by atoms with E-state index in [1.165, 1.54) is 0 Å².